The first-order chi connectivity index (χ1) is 12.0. The van der Waals surface area contributed by atoms with Gasteiger partial charge in [-0.1, -0.05) is 18.6 Å². The van der Waals surface area contributed by atoms with E-state index in [1.54, 1.807) is 0 Å². The number of hydrogen-bond donors (Lipinski definition) is 4. The molecule has 7 heteroatoms. The average Bonchev–Trinajstić information content (AvgIpc) is 2.76. The Bertz CT molecular complexity index is 695. The Labute approximate surface area is 150 Å². The molecule has 3 rings (SSSR count). The number of anilines is 1. The number of primary amides is 1. The number of aliphatic hydroxyl groups is 2. The molecule has 0 radical (unpaired) electrons. The van der Waals surface area contributed by atoms with Gasteiger partial charge < -0.3 is 21.3 Å². The summed E-state index contributed by atoms with van der Waals surface area (Å²) < 4.78 is 0. The number of carbonyl (C=O) groups is 2. The van der Waals surface area contributed by atoms with Crippen LogP contribution in [0.1, 0.15) is 52.9 Å². The molecule has 2 aliphatic rings. The molecule has 2 unspecified atom stereocenters. The van der Waals surface area contributed by atoms with Crippen molar-refractivity contribution in [3.63, 3.8) is 0 Å². The maximum atomic E-state index is 12.7. The third kappa shape index (κ3) is 3.78. The van der Waals surface area contributed by atoms with Gasteiger partial charge in [-0.2, -0.15) is 0 Å². The summed E-state index contributed by atoms with van der Waals surface area (Å²) in [7, 11) is 0. The number of aliphatic hydroxyl groups excluding tert-OH is 1. The Morgan fingerprint density at radius 1 is 1.16 bits per heavy atom. The summed E-state index contributed by atoms with van der Waals surface area (Å²) in [5.74, 6) is -1.88. The van der Waals surface area contributed by atoms with E-state index in [4.69, 9.17) is 5.73 Å². The first-order valence-corrected chi connectivity index (χ1v) is 9.57. The van der Waals surface area contributed by atoms with Crippen molar-refractivity contribution in [1.29, 1.82) is 0 Å². The Kier molecular flexibility index (Phi) is 5.56. The lowest BCUT2D eigenvalue weighted by Crippen LogP contribution is -2.37. The molecule has 25 heavy (non-hydrogen) atoms. The first-order valence-electron chi connectivity index (χ1n) is 8.75. The van der Waals surface area contributed by atoms with Crippen molar-refractivity contribution in [2.75, 3.05) is 5.32 Å². The van der Waals surface area contributed by atoms with Crippen molar-refractivity contribution in [2.24, 2.45) is 17.6 Å². The Morgan fingerprint density at radius 2 is 1.88 bits per heavy atom. The minimum absolute atomic E-state index is 0.290. The highest BCUT2D eigenvalue weighted by Gasteiger charge is 2.34. The number of nitrogens with two attached hydrogens (primary N) is 1. The summed E-state index contributed by atoms with van der Waals surface area (Å²) in [6.45, 7) is 0. The maximum Gasteiger partial charge on any atom is 0.251 e. The second kappa shape index (κ2) is 7.68. The molecule has 0 aliphatic heterocycles. The summed E-state index contributed by atoms with van der Waals surface area (Å²) in [6.07, 6.45) is 8.02. The highest BCUT2D eigenvalue weighted by Crippen LogP contribution is 2.38. The fourth-order valence-electron chi connectivity index (χ4n) is 3.76. The predicted molar refractivity (Wildman–Crippen MR) is 96.3 cm³/mol. The van der Waals surface area contributed by atoms with Crippen LogP contribution in [0.3, 0.4) is 0 Å². The van der Waals surface area contributed by atoms with E-state index >= 15 is 0 Å². The molecular weight excluding hydrogens is 340 g/mol. The van der Waals surface area contributed by atoms with E-state index in [-0.39, 0.29) is 5.91 Å². The summed E-state index contributed by atoms with van der Waals surface area (Å²) in [6, 6.07) is 0. The van der Waals surface area contributed by atoms with Crippen LogP contribution < -0.4 is 11.1 Å². The van der Waals surface area contributed by atoms with E-state index in [1.807, 2.05) is 12.2 Å². The van der Waals surface area contributed by atoms with Gasteiger partial charge in [0.15, 0.2) is 6.29 Å². The molecule has 0 aromatic carbocycles. The minimum atomic E-state index is -1.55. The van der Waals surface area contributed by atoms with E-state index in [0.29, 0.717) is 23.4 Å². The summed E-state index contributed by atoms with van der Waals surface area (Å²) >= 11 is 1.43. The van der Waals surface area contributed by atoms with Crippen molar-refractivity contribution >= 4 is 28.2 Å². The third-order valence-corrected chi connectivity index (χ3v) is 6.31. The van der Waals surface area contributed by atoms with Gasteiger partial charge in [0.2, 0.25) is 5.91 Å². The molecule has 5 N–H and O–H groups in total. The van der Waals surface area contributed by atoms with Gasteiger partial charge in [-0.25, -0.2) is 0 Å². The second-order valence-corrected chi connectivity index (χ2v) is 7.85. The number of amides is 2. The number of hydrogen-bond acceptors (Lipinski definition) is 5. The topological polar surface area (TPSA) is 113 Å². The number of allylic oxidation sites excluding steroid dienone is 2. The van der Waals surface area contributed by atoms with Crippen molar-refractivity contribution in [1.82, 2.24) is 0 Å². The van der Waals surface area contributed by atoms with E-state index in [1.165, 1.54) is 11.3 Å². The van der Waals surface area contributed by atoms with Crippen molar-refractivity contribution < 1.29 is 19.8 Å². The molecule has 0 bridgehead atoms. The fraction of sp³-hybridized carbons (Fsp3) is 0.556. The van der Waals surface area contributed by atoms with Crippen LogP contribution in [-0.2, 0) is 17.6 Å². The lowest BCUT2D eigenvalue weighted by Gasteiger charge is -2.28. The van der Waals surface area contributed by atoms with Crippen LogP contribution >= 0.6 is 11.3 Å². The van der Waals surface area contributed by atoms with Gasteiger partial charge >= 0.3 is 0 Å². The van der Waals surface area contributed by atoms with E-state index < -0.39 is 24.0 Å². The molecule has 0 saturated heterocycles. The van der Waals surface area contributed by atoms with Gasteiger partial charge in [0.1, 0.15) is 5.00 Å². The highest BCUT2D eigenvalue weighted by molar-refractivity contribution is 7.17. The normalized spacial score (nSPS) is 23.2. The van der Waals surface area contributed by atoms with E-state index in [9.17, 15) is 19.8 Å². The molecule has 136 valence electrons. The zero-order chi connectivity index (χ0) is 18.0. The standard InChI is InChI=1S/C18H24N2O4S/c19-15(21)14-12-8-2-1-3-9-13(12)25-17(14)20-16(22)10-6-4-5-7-11(10)18(23)24/h4-5,10-11,18,23-24H,1-3,6-9H2,(H2,19,21)(H,20,22). The quantitative estimate of drug-likeness (QED) is 0.371. The van der Waals surface area contributed by atoms with E-state index in [0.717, 1.165) is 42.5 Å². The van der Waals surface area contributed by atoms with Crippen LogP contribution in [0.15, 0.2) is 12.2 Å². The molecule has 1 aromatic heterocycles. The molecule has 1 aromatic rings. The fourth-order valence-corrected chi connectivity index (χ4v) is 5.06. The summed E-state index contributed by atoms with van der Waals surface area (Å²) in [4.78, 5) is 25.8. The monoisotopic (exact) mass is 364 g/mol. The van der Waals surface area contributed by atoms with Crippen molar-refractivity contribution in [3.05, 3.63) is 28.2 Å². The van der Waals surface area contributed by atoms with Crippen LogP contribution in [0, 0.1) is 11.8 Å². The maximum absolute atomic E-state index is 12.7. The average molecular weight is 364 g/mol. The van der Waals surface area contributed by atoms with Crippen LogP contribution in [-0.4, -0.2) is 28.3 Å². The number of aryl methyl sites for hydroxylation is 1. The van der Waals surface area contributed by atoms with Gasteiger partial charge in [0.25, 0.3) is 5.91 Å². The number of thiophene rings is 1. The zero-order valence-electron chi connectivity index (χ0n) is 14.0. The van der Waals surface area contributed by atoms with Crippen molar-refractivity contribution in [2.45, 2.75) is 51.2 Å². The lowest BCUT2D eigenvalue weighted by atomic mass is 9.82. The number of fused-ring (bicyclic) bond motifs is 1. The Hall–Kier alpha value is -1.70. The molecule has 2 aliphatic carbocycles. The van der Waals surface area contributed by atoms with Gasteiger partial charge in [-0.05, 0) is 44.1 Å². The zero-order valence-corrected chi connectivity index (χ0v) is 14.8. The van der Waals surface area contributed by atoms with Gasteiger partial charge in [-0.15, -0.1) is 11.3 Å². The molecular formula is C18H24N2O4S. The van der Waals surface area contributed by atoms with E-state index in [2.05, 4.69) is 5.32 Å². The molecule has 0 saturated carbocycles. The number of nitrogens with one attached hydrogen (secondary N) is 1. The molecule has 0 spiro atoms. The molecule has 2 amide bonds. The van der Waals surface area contributed by atoms with Crippen LogP contribution in [0.2, 0.25) is 0 Å². The largest absolute Gasteiger partial charge is 0.368 e. The minimum Gasteiger partial charge on any atom is -0.368 e. The van der Waals surface area contributed by atoms with Crippen molar-refractivity contribution in [3.8, 4) is 0 Å². The van der Waals surface area contributed by atoms with Crippen LogP contribution in [0.5, 0.6) is 0 Å². The smallest absolute Gasteiger partial charge is 0.251 e. The Balaban J connectivity index is 1.86. The molecule has 1 heterocycles. The van der Waals surface area contributed by atoms with Crippen LogP contribution in [0.4, 0.5) is 5.00 Å². The third-order valence-electron chi connectivity index (χ3n) is 5.11. The van der Waals surface area contributed by atoms with Gasteiger partial charge in [0.05, 0.1) is 5.56 Å². The van der Waals surface area contributed by atoms with Gasteiger partial charge in [0, 0.05) is 16.7 Å². The Morgan fingerprint density at radius 3 is 2.60 bits per heavy atom. The molecule has 6 nitrogen and oxygen atoms in total. The predicted octanol–water partition coefficient (Wildman–Crippen LogP) is 1.95. The SMILES string of the molecule is NC(=O)c1c(NC(=O)C2CC=CCC2C(O)O)sc2c1CCCCC2. The number of carbonyl (C=O) groups excluding carboxylic acids is 2. The second-order valence-electron chi connectivity index (χ2n) is 6.75. The highest BCUT2D eigenvalue weighted by atomic mass is 32.1. The first kappa shape index (κ1) is 18.1. The van der Waals surface area contributed by atoms with Crippen LogP contribution in [0.25, 0.3) is 0 Å². The lowest BCUT2D eigenvalue weighted by molar-refractivity contribution is -0.134. The van der Waals surface area contributed by atoms with Gasteiger partial charge in [-0.3, -0.25) is 9.59 Å². The summed E-state index contributed by atoms with van der Waals surface area (Å²) in [5.41, 5.74) is 7.00. The molecule has 2 atom stereocenters. The number of rotatable bonds is 4. The summed E-state index contributed by atoms with van der Waals surface area (Å²) in [5, 5.41) is 22.4. The molecule has 0 fully saturated rings.